The van der Waals surface area contributed by atoms with Gasteiger partial charge in [0.1, 0.15) is 0 Å². The monoisotopic (exact) mass is 283 g/mol. The molecule has 2 aliphatic heterocycles. The summed E-state index contributed by atoms with van der Waals surface area (Å²) in [5.74, 6) is 1.79. The van der Waals surface area contributed by atoms with E-state index >= 15 is 0 Å². The number of rotatable bonds is 3. The molecule has 0 spiro atoms. The summed E-state index contributed by atoms with van der Waals surface area (Å²) in [4.78, 5) is 5.28. The van der Waals surface area contributed by atoms with Crippen molar-refractivity contribution in [3.8, 4) is 0 Å². The van der Waals surface area contributed by atoms with Gasteiger partial charge in [-0.2, -0.15) is 0 Å². The summed E-state index contributed by atoms with van der Waals surface area (Å²) in [6, 6.07) is 0.876. The highest BCUT2D eigenvalue weighted by molar-refractivity contribution is 4.82. The van der Waals surface area contributed by atoms with E-state index < -0.39 is 0 Å². The minimum Gasteiger partial charge on any atom is -0.307 e. The van der Waals surface area contributed by atoms with E-state index in [4.69, 9.17) is 0 Å². The molecule has 0 atom stereocenters. The minimum atomic E-state index is 0.833. The van der Waals surface area contributed by atoms with Crippen molar-refractivity contribution in [1.82, 2.24) is 15.1 Å². The average molecular weight is 284 g/mol. The topological polar surface area (TPSA) is 18.5 Å². The summed E-state index contributed by atoms with van der Waals surface area (Å²) < 4.78 is 0. The van der Waals surface area contributed by atoms with Gasteiger partial charge < -0.3 is 10.2 Å². The fraction of sp³-hybridized carbons (Fsp3) is 1.00. The van der Waals surface area contributed by atoms with Gasteiger partial charge in [-0.05, 0) is 57.7 Å². The molecule has 0 amide bonds. The van der Waals surface area contributed by atoms with Gasteiger partial charge in [-0.15, -0.1) is 0 Å². The first-order valence-electron chi connectivity index (χ1n) is 8.64. The zero-order valence-electron chi connectivity index (χ0n) is 14.5. The molecule has 0 bridgehead atoms. The molecule has 2 heterocycles. The van der Waals surface area contributed by atoms with Gasteiger partial charge in [0.05, 0.1) is 0 Å². The summed E-state index contributed by atoms with van der Waals surface area (Å²) in [6.07, 6.45) is 5.57. The summed E-state index contributed by atoms with van der Waals surface area (Å²) in [5, 5.41) is 3.25. The normalized spacial score (nSPS) is 23.7. The smallest absolute Gasteiger partial charge is 0.0478 e. The maximum absolute atomic E-state index is 3.25. The molecule has 20 heavy (non-hydrogen) atoms. The van der Waals surface area contributed by atoms with Crippen LogP contribution >= 0.6 is 0 Å². The quantitative estimate of drug-likeness (QED) is 0.859. The predicted molar refractivity (Wildman–Crippen MR) is 89.0 cm³/mol. The zero-order valence-corrected chi connectivity index (χ0v) is 14.5. The van der Waals surface area contributed by atoms with E-state index in [2.05, 4.69) is 42.8 Å². The number of nitrogens with one attached hydrogen (secondary N) is 1. The van der Waals surface area contributed by atoms with E-state index in [0.29, 0.717) is 0 Å². The Kier molecular flexibility index (Phi) is 8.74. The molecule has 3 nitrogen and oxygen atoms in total. The van der Waals surface area contributed by atoms with Crippen LogP contribution in [0, 0.1) is 11.8 Å². The highest BCUT2D eigenvalue weighted by Crippen LogP contribution is 2.23. The number of hydrogen-bond donors (Lipinski definition) is 1. The summed E-state index contributed by atoms with van der Waals surface area (Å²) in [5.41, 5.74) is 0. The van der Waals surface area contributed by atoms with Crippen LogP contribution in [0.25, 0.3) is 0 Å². The highest BCUT2D eigenvalue weighted by atomic mass is 15.2. The lowest BCUT2D eigenvalue weighted by molar-refractivity contribution is 0.0784. The molecule has 120 valence electrons. The first kappa shape index (κ1) is 17.9. The third-order valence-electron chi connectivity index (χ3n) is 4.27. The molecule has 2 rings (SSSR count). The van der Waals surface area contributed by atoms with Crippen LogP contribution in [0.3, 0.4) is 0 Å². The lowest BCUT2D eigenvalue weighted by atomic mass is 9.95. The van der Waals surface area contributed by atoms with Gasteiger partial charge >= 0.3 is 0 Å². The molecule has 0 aromatic heterocycles. The van der Waals surface area contributed by atoms with Gasteiger partial charge in [0.2, 0.25) is 0 Å². The van der Waals surface area contributed by atoms with Crippen molar-refractivity contribution in [3.63, 3.8) is 0 Å². The number of likely N-dealkylation sites (tertiary alicyclic amines) is 2. The number of nitrogens with zero attached hydrogens (tertiary/aromatic N) is 2. The molecular weight excluding hydrogens is 246 g/mol. The predicted octanol–water partition coefficient (Wildman–Crippen LogP) is 3.02. The summed E-state index contributed by atoms with van der Waals surface area (Å²) in [7, 11) is 2.04. The lowest BCUT2D eigenvalue weighted by Gasteiger charge is -2.41. The lowest BCUT2D eigenvalue weighted by Crippen LogP contribution is -2.48. The number of hydrogen-bond acceptors (Lipinski definition) is 3. The van der Waals surface area contributed by atoms with Gasteiger partial charge in [0, 0.05) is 25.8 Å². The molecule has 3 heteroatoms. The highest BCUT2D eigenvalue weighted by Gasteiger charge is 2.26. The maximum Gasteiger partial charge on any atom is 0.0478 e. The summed E-state index contributed by atoms with van der Waals surface area (Å²) in [6.45, 7) is 15.2. The van der Waals surface area contributed by atoms with Crippen molar-refractivity contribution in [1.29, 1.82) is 0 Å². The van der Waals surface area contributed by atoms with E-state index in [1.54, 1.807) is 0 Å². The standard InChI is InChI=1S/C13H27N3.C4H10/c1-12-3-9-16(10-4-12)13-5-7-15(8-6-13)11-14-2;1-4(2)3/h12-14H,3-11H2,1-2H3;4H,1-3H3. The Labute approximate surface area is 127 Å². The van der Waals surface area contributed by atoms with Gasteiger partial charge in [-0.1, -0.05) is 27.7 Å². The average Bonchev–Trinajstić information content (AvgIpc) is 2.40. The molecule has 2 saturated heterocycles. The fourth-order valence-corrected chi connectivity index (χ4v) is 3.06. The van der Waals surface area contributed by atoms with Crippen LogP contribution in [0.1, 0.15) is 53.4 Å². The Morgan fingerprint density at radius 2 is 1.45 bits per heavy atom. The molecule has 2 fully saturated rings. The van der Waals surface area contributed by atoms with E-state index in [9.17, 15) is 0 Å². The molecule has 0 aliphatic carbocycles. The number of piperidine rings is 2. The second kappa shape index (κ2) is 9.75. The molecule has 2 aliphatic rings. The van der Waals surface area contributed by atoms with E-state index in [0.717, 1.165) is 24.5 Å². The Hall–Kier alpha value is -0.120. The largest absolute Gasteiger partial charge is 0.307 e. The zero-order chi connectivity index (χ0) is 15.0. The van der Waals surface area contributed by atoms with Crippen LogP contribution < -0.4 is 5.32 Å². The van der Waals surface area contributed by atoms with Gasteiger partial charge in [0.15, 0.2) is 0 Å². The second-order valence-corrected chi connectivity index (χ2v) is 7.31. The fourth-order valence-electron chi connectivity index (χ4n) is 3.06. The molecule has 0 aromatic rings. The van der Waals surface area contributed by atoms with Gasteiger partial charge in [0.25, 0.3) is 0 Å². The van der Waals surface area contributed by atoms with E-state index in [1.807, 2.05) is 7.05 Å². The third kappa shape index (κ3) is 7.05. The Morgan fingerprint density at radius 3 is 1.90 bits per heavy atom. The van der Waals surface area contributed by atoms with Crippen LogP contribution in [0.15, 0.2) is 0 Å². The van der Waals surface area contributed by atoms with Gasteiger partial charge in [-0.3, -0.25) is 4.90 Å². The Morgan fingerprint density at radius 1 is 0.950 bits per heavy atom. The van der Waals surface area contributed by atoms with Crippen LogP contribution in [0.4, 0.5) is 0 Å². The minimum absolute atomic E-state index is 0.833. The van der Waals surface area contributed by atoms with Crippen molar-refractivity contribution in [2.45, 2.75) is 59.4 Å². The summed E-state index contributed by atoms with van der Waals surface area (Å²) >= 11 is 0. The first-order valence-corrected chi connectivity index (χ1v) is 8.64. The second-order valence-electron chi connectivity index (χ2n) is 7.31. The molecule has 0 unspecified atom stereocenters. The van der Waals surface area contributed by atoms with E-state index in [1.165, 1.54) is 51.9 Å². The Bertz CT molecular complexity index is 224. The molecule has 0 aromatic carbocycles. The van der Waals surface area contributed by atoms with Crippen molar-refractivity contribution in [2.24, 2.45) is 11.8 Å². The van der Waals surface area contributed by atoms with Crippen LogP contribution in [-0.2, 0) is 0 Å². The SMILES string of the molecule is CC(C)C.CNCN1CCC(N2CCC(C)CC2)CC1. The van der Waals surface area contributed by atoms with Crippen molar-refractivity contribution in [3.05, 3.63) is 0 Å². The van der Waals surface area contributed by atoms with Crippen molar-refractivity contribution >= 4 is 0 Å². The van der Waals surface area contributed by atoms with Crippen LogP contribution in [0.5, 0.6) is 0 Å². The van der Waals surface area contributed by atoms with Crippen molar-refractivity contribution < 1.29 is 0 Å². The van der Waals surface area contributed by atoms with Crippen molar-refractivity contribution in [2.75, 3.05) is 39.9 Å². The third-order valence-corrected chi connectivity index (χ3v) is 4.27. The van der Waals surface area contributed by atoms with Gasteiger partial charge in [-0.25, -0.2) is 0 Å². The molecule has 0 radical (unpaired) electrons. The van der Waals surface area contributed by atoms with Crippen LogP contribution in [-0.4, -0.2) is 55.7 Å². The first-order chi connectivity index (χ1) is 9.52. The molecule has 0 saturated carbocycles. The molecular formula is C17H37N3. The molecule has 1 N–H and O–H groups in total. The van der Waals surface area contributed by atoms with Crippen LogP contribution in [0.2, 0.25) is 0 Å². The van der Waals surface area contributed by atoms with E-state index in [-0.39, 0.29) is 0 Å². The maximum atomic E-state index is 3.25. The Balaban J connectivity index is 0.000000444.